The number of para-hydroxylation sites is 2. The Labute approximate surface area is 116 Å². The van der Waals surface area contributed by atoms with E-state index in [-0.39, 0.29) is 5.91 Å². The van der Waals surface area contributed by atoms with Gasteiger partial charge in [0.2, 0.25) is 11.8 Å². The number of benzene rings is 1. The van der Waals surface area contributed by atoms with Gasteiger partial charge in [0.05, 0.1) is 6.10 Å². The zero-order chi connectivity index (χ0) is 13.9. The Balaban J connectivity index is 1.56. The Morgan fingerprint density at radius 2 is 2.30 bits per heavy atom. The average Bonchev–Trinajstić information content (AvgIpc) is 3.22. The molecular formula is C15H16N2O3. The first-order valence-electron chi connectivity index (χ1n) is 6.72. The van der Waals surface area contributed by atoms with Crippen LogP contribution in [-0.4, -0.2) is 28.6 Å². The van der Waals surface area contributed by atoms with Gasteiger partial charge in [0.1, 0.15) is 5.52 Å². The van der Waals surface area contributed by atoms with Gasteiger partial charge in [-0.1, -0.05) is 12.1 Å². The van der Waals surface area contributed by atoms with Crippen LogP contribution in [0, 0.1) is 5.92 Å². The number of carbonyl (C=O) groups is 1. The van der Waals surface area contributed by atoms with Crippen molar-refractivity contribution in [2.45, 2.75) is 18.9 Å². The smallest absolute Gasteiger partial charge is 0.244 e. The number of amides is 1. The maximum absolute atomic E-state index is 11.6. The average molecular weight is 272 g/mol. The van der Waals surface area contributed by atoms with Crippen molar-refractivity contribution in [3.63, 3.8) is 0 Å². The van der Waals surface area contributed by atoms with E-state index in [1.54, 1.807) is 0 Å². The fraction of sp³-hybridized carbons (Fsp3) is 0.333. The number of hydrogen-bond acceptors (Lipinski definition) is 4. The molecule has 0 bridgehead atoms. The molecule has 1 heterocycles. The maximum Gasteiger partial charge on any atom is 0.244 e. The summed E-state index contributed by atoms with van der Waals surface area (Å²) in [7, 11) is 0. The predicted octanol–water partition coefficient (Wildman–Crippen LogP) is 1.73. The fourth-order valence-electron chi connectivity index (χ4n) is 2.02. The monoisotopic (exact) mass is 272 g/mol. The highest BCUT2D eigenvalue weighted by molar-refractivity contribution is 5.91. The second-order valence-electron chi connectivity index (χ2n) is 5.00. The number of rotatable bonds is 5. The molecule has 1 amide bonds. The Kier molecular flexibility index (Phi) is 3.52. The molecule has 2 N–H and O–H groups in total. The van der Waals surface area contributed by atoms with Gasteiger partial charge >= 0.3 is 0 Å². The quantitative estimate of drug-likeness (QED) is 0.813. The Morgan fingerprint density at radius 3 is 3.05 bits per heavy atom. The highest BCUT2D eigenvalue weighted by Crippen LogP contribution is 2.32. The third kappa shape index (κ3) is 3.05. The summed E-state index contributed by atoms with van der Waals surface area (Å²) in [4.78, 5) is 15.8. The van der Waals surface area contributed by atoms with Crippen LogP contribution in [0.4, 0.5) is 0 Å². The number of aliphatic hydroxyl groups is 1. The summed E-state index contributed by atoms with van der Waals surface area (Å²) < 4.78 is 5.46. The first-order chi connectivity index (χ1) is 9.72. The summed E-state index contributed by atoms with van der Waals surface area (Å²) in [5.74, 6) is 0.493. The van der Waals surface area contributed by atoms with Gasteiger partial charge in [-0.05, 0) is 30.9 Å². The Hall–Kier alpha value is -2.14. The minimum absolute atomic E-state index is 0.257. The predicted molar refractivity (Wildman–Crippen MR) is 74.8 cm³/mol. The van der Waals surface area contributed by atoms with Gasteiger partial charge in [-0.25, -0.2) is 4.98 Å². The summed E-state index contributed by atoms with van der Waals surface area (Å²) in [6.45, 7) is 0.293. The van der Waals surface area contributed by atoms with Gasteiger partial charge in [0.25, 0.3) is 0 Å². The largest absolute Gasteiger partial charge is 0.437 e. The van der Waals surface area contributed by atoms with E-state index < -0.39 is 6.10 Å². The van der Waals surface area contributed by atoms with E-state index in [4.69, 9.17) is 4.42 Å². The van der Waals surface area contributed by atoms with Crippen molar-refractivity contribution >= 4 is 23.1 Å². The fourth-order valence-corrected chi connectivity index (χ4v) is 2.02. The normalized spacial score (nSPS) is 16.6. The molecule has 104 valence electrons. The zero-order valence-electron chi connectivity index (χ0n) is 11.0. The topological polar surface area (TPSA) is 75.4 Å². The number of aliphatic hydroxyl groups excluding tert-OH is 1. The van der Waals surface area contributed by atoms with E-state index in [9.17, 15) is 9.90 Å². The van der Waals surface area contributed by atoms with E-state index in [1.165, 1.54) is 12.2 Å². The van der Waals surface area contributed by atoms with Crippen molar-refractivity contribution in [3.8, 4) is 0 Å². The van der Waals surface area contributed by atoms with Crippen molar-refractivity contribution in [2.75, 3.05) is 6.54 Å². The molecule has 0 saturated heterocycles. The Bertz CT molecular complexity index is 610. The number of nitrogens with zero attached hydrogens (tertiary/aromatic N) is 1. The van der Waals surface area contributed by atoms with E-state index in [0.29, 0.717) is 23.9 Å². The highest BCUT2D eigenvalue weighted by Gasteiger charge is 2.29. The molecule has 20 heavy (non-hydrogen) atoms. The van der Waals surface area contributed by atoms with Crippen molar-refractivity contribution in [1.82, 2.24) is 10.3 Å². The lowest BCUT2D eigenvalue weighted by molar-refractivity contribution is -0.116. The third-order valence-electron chi connectivity index (χ3n) is 3.34. The van der Waals surface area contributed by atoms with Crippen LogP contribution < -0.4 is 5.32 Å². The molecule has 3 rings (SSSR count). The number of carbonyl (C=O) groups excluding carboxylic acids is 1. The molecule has 1 aromatic heterocycles. The van der Waals surface area contributed by atoms with Gasteiger partial charge in [0.15, 0.2) is 5.58 Å². The minimum atomic E-state index is -0.434. The third-order valence-corrected chi connectivity index (χ3v) is 3.34. The lowest BCUT2D eigenvalue weighted by Gasteiger charge is -2.08. The molecule has 1 aromatic carbocycles. The molecular weight excluding hydrogens is 256 g/mol. The number of hydrogen-bond donors (Lipinski definition) is 2. The van der Waals surface area contributed by atoms with E-state index in [0.717, 1.165) is 18.4 Å². The summed E-state index contributed by atoms with van der Waals surface area (Å²) in [5, 5.41) is 12.3. The highest BCUT2D eigenvalue weighted by atomic mass is 16.3. The van der Waals surface area contributed by atoms with Crippen LogP contribution in [0.2, 0.25) is 0 Å². The number of aromatic nitrogens is 1. The van der Waals surface area contributed by atoms with Crippen LogP contribution in [0.25, 0.3) is 17.2 Å². The number of fused-ring (bicyclic) bond motifs is 1. The van der Waals surface area contributed by atoms with Crippen LogP contribution >= 0.6 is 0 Å². The van der Waals surface area contributed by atoms with Crippen molar-refractivity contribution in [3.05, 3.63) is 36.2 Å². The molecule has 2 aromatic rings. The van der Waals surface area contributed by atoms with Crippen LogP contribution in [0.3, 0.4) is 0 Å². The van der Waals surface area contributed by atoms with E-state index in [1.807, 2.05) is 24.3 Å². The van der Waals surface area contributed by atoms with Crippen LogP contribution in [0.1, 0.15) is 18.7 Å². The van der Waals surface area contributed by atoms with E-state index >= 15 is 0 Å². The van der Waals surface area contributed by atoms with Crippen LogP contribution in [0.15, 0.2) is 34.8 Å². The van der Waals surface area contributed by atoms with Gasteiger partial charge in [-0.2, -0.15) is 0 Å². The summed E-state index contributed by atoms with van der Waals surface area (Å²) in [6.07, 6.45) is 4.56. The second kappa shape index (κ2) is 5.46. The lowest BCUT2D eigenvalue weighted by atomic mass is 10.2. The summed E-state index contributed by atoms with van der Waals surface area (Å²) in [5.41, 5.74) is 1.45. The maximum atomic E-state index is 11.6. The molecule has 0 radical (unpaired) electrons. The van der Waals surface area contributed by atoms with Gasteiger partial charge in [-0.15, -0.1) is 0 Å². The molecule has 5 heteroatoms. The standard InChI is InChI=1S/C15H16N2O3/c18-12(10-5-6-10)9-16-14(19)7-8-15-17-11-3-1-2-4-13(11)20-15/h1-4,7-8,10,12,18H,5-6,9H2,(H,16,19). The van der Waals surface area contributed by atoms with Gasteiger partial charge in [0, 0.05) is 18.7 Å². The van der Waals surface area contributed by atoms with Gasteiger partial charge < -0.3 is 14.8 Å². The van der Waals surface area contributed by atoms with Crippen molar-refractivity contribution < 1.29 is 14.3 Å². The van der Waals surface area contributed by atoms with Crippen LogP contribution in [0.5, 0.6) is 0 Å². The summed E-state index contributed by atoms with van der Waals surface area (Å²) in [6, 6.07) is 7.42. The lowest BCUT2D eigenvalue weighted by Crippen LogP contribution is -2.31. The molecule has 0 spiro atoms. The van der Waals surface area contributed by atoms with E-state index in [2.05, 4.69) is 10.3 Å². The molecule has 1 fully saturated rings. The second-order valence-corrected chi connectivity index (χ2v) is 5.00. The molecule has 1 aliphatic rings. The SMILES string of the molecule is O=C(C=Cc1nc2ccccc2o1)NCC(O)C1CC1. The minimum Gasteiger partial charge on any atom is -0.437 e. The molecule has 1 atom stereocenters. The Morgan fingerprint density at radius 1 is 1.50 bits per heavy atom. The van der Waals surface area contributed by atoms with Crippen molar-refractivity contribution in [1.29, 1.82) is 0 Å². The first kappa shape index (κ1) is 12.9. The number of nitrogens with one attached hydrogen (secondary N) is 1. The van der Waals surface area contributed by atoms with Crippen molar-refractivity contribution in [2.24, 2.45) is 5.92 Å². The first-order valence-corrected chi connectivity index (χ1v) is 6.72. The van der Waals surface area contributed by atoms with Gasteiger partial charge in [-0.3, -0.25) is 4.79 Å². The molecule has 1 unspecified atom stereocenters. The molecule has 5 nitrogen and oxygen atoms in total. The summed E-state index contributed by atoms with van der Waals surface area (Å²) >= 11 is 0. The molecule has 0 aliphatic heterocycles. The molecule has 1 aliphatic carbocycles. The molecule has 1 saturated carbocycles. The zero-order valence-corrected chi connectivity index (χ0v) is 11.0. The van der Waals surface area contributed by atoms with Crippen LogP contribution in [-0.2, 0) is 4.79 Å². The number of oxazole rings is 1.